The molecular formula is C10H9N6OS+. The van der Waals surface area contributed by atoms with Crippen LogP contribution in [0.2, 0.25) is 0 Å². The smallest absolute Gasteiger partial charge is 0.335 e. The van der Waals surface area contributed by atoms with Gasteiger partial charge in [0.2, 0.25) is 0 Å². The van der Waals surface area contributed by atoms with Crippen molar-refractivity contribution in [2.24, 2.45) is 21.6 Å². The van der Waals surface area contributed by atoms with E-state index in [9.17, 15) is 4.79 Å². The second-order valence-corrected chi connectivity index (χ2v) is 4.67. The van der Waals surface area contributed by atoms with Crippen LogP contribution in [0.3, 0.4) is 0 Å². The monoisotopic (exact) mass is 261 g/mol. The predicted octanol–water partition coefficient (Wildman–Crippen LogP) is 0.954. The lowest BCUT2D eigenvalue weighted by atomic mass is 10.3. The topological polar surface area (TPSA) is 107 Å². The van der Waals surface area contributed by atoms with Gasteiger partial charge in [-0.3, -0.25) is 0 Å². The lowest BCUT2D eigenvalue weighted by Crippen LogP contribution is -2.58. The molecule has 1 aromatic heterocycles. The largest absolute Gasteiger partial charge is 0.455 e. The number of rotatable bonds is 1. The Morgan fingerprint density at radius 3 is 2.72 bits per heavy atom. The van der Waals surface area contributed by atoms with Crippen molar-refractivity contribution in [2.75, 3.05) is 0 Å². The molecule has 90 valence electrons. The van der Waals surface area contributed by atoms with Crippen LogP contribution >= 0.6 is 11.3 Å². The molecule has 8 heteroatoms. The van der Waals surface area contributed by atoms with Gasteiger partial charge in [-0.2, -0.15) is 9.98 Å². The van der Waals surface area contributed by atoms with Crippen molar-refractivity contribution in [3.63, 3.8) is 0 Å². The Morgan fingerprint density at radius 1 is 1.33 bits per heavy atom. The van der Waals surface area contributed by atoms with Gasteiger partial charge in [0.1, 0.15) is 0 Å². The molecule has 0 radical (unpaired) electrons. The number of carbonyl (C=O) groups is 1. The van der Waals surface area contributed by atoms with Gasteiger partial charge in [0.05, 0.1) is 10.2 Å². The molecule has 1 atom stereocenters. The summed E-state index contributed by atoms with van der Waals surface area (Å²) in [6.45, 7) is 0. The number of nitrogens with two attached hydrogens (primary N) is 2. The molecule has 3 rings (SSSR count). The van der Waals surface area contributed by atoms with E-state index < -0.39 is 10.6 Å². The zero-order chi connectivity index (χ0) is 12.8. The highest BCUT2D eigenvalue weighted by atomic mass is 32.1. The molecule has 2 aromatic rings. The molecule has 0 aliphatic carbocycles. The van der Waals surface area contributed by atoms with Crippen LogP contribution in [-0.2, 0) is 0 Å². The molecule has 1 aliphatic heterocycles. The molecule has 0 fully saturated rings. The van der Waals surface area contributed by atoms with E-state index in [2.05, 4.69) is 15.1 Å². The lowest BCUT2D eigenvalue weighted by Gasteiger charge is -2.17. The summed E-state index contributed by atoms with van der Waals surface area (Å²) in [5.74, 6) is 0.00144. The minimum absolute atomic E-state index is 0.00144. The minimum atomic E-state index is -0.732. The summed E-state index contributed by atoms with van der Waals surface area (Å²) in [7, 11) is 0. The Balaban J connectivity index is 2.26. The van der Waals surface area contributed by atoms with Crippen LogP contribution < -0.4 is 16.1 Å². The van der Waals surface area contributed by atoms with Crippen molar-refractivity contribution in [3.05, 3.63) is 24.3 Å². The van der Waals surface area contributed by atoms with Gasteiger partial charge in [-0.25, -0.2) is 4.79 Å². The number of fused-ring (bicyclic) bond motifs is 1. The van der Waals surface area contributed by atoms with Gasteiger partial charge in [0.25, 0.3) is 0 Å². The third-order valence-electron chi connectivity index (χ3n) is 2.62. The molecule has 0 saturated heterocycles. The number of benzene rings is 1. The number of guanidine groups is 1. The maximum atomic E-state index is 11.7. The van der Waals surface area contributed by atoms with Gasteiger partial charge in [-0.15, -0.1) is 0 Å². The summed E-state index contributed by atoms with van der Waals surface area (Å²) < 4.78 is 0.250. The number of para-hydroxylation sites is 1. The van der Waals surface area contributed by atoms with E-state index in [1.165, 1.54) is 17.7 Å². The molecule has 1 aromatic carbocycles. The van der Waals surface area contributed by atoms with Crippen molar-refractivity contribution in [3.8, 4) is 0 Å². The SMILES string of the molecule is NC(=O)[N+]1(c2nc3ccccc3s2)N=CN=C1N. The number of aliphatic imine (C=N–C) groups is 1. The summed E-state index contributed by atoms with van der Waals surface area (Å²) in [4.78, 5) is 19.8. The minimum Gasteiger partial charge on any atom is -0.335 e. The fourth-order valence-electron chi connectivity index (χ4n) is 1.72. The molecular weight excluding hydrogens is 252 g/mol. The molecule has 1 unspecified atom stereocenters. The van der Waals surface area contributed by atoms with Crippen LogP contribution in [0.4, 0.5) is 9.93 Å². The number of amides is 2. The quantitative estimate of drug-likeness (QED) is 0.746. The molecule has 2 heterocycles. The molecule has 0 bridgehead atoms. The van der Waals surface area contributed by atoms with Crippen LogP contribution in [0.1, 0.15) is 0 Å². The maximum absolute atomic E-state index is 11.7. The Bertz CT molecular complexity index is 672. The summed E-state index contributed by atoms with van der Waals surface area (Å²) in [5, 5.41) is 4.36. The highest BCUT2D eigenvalue weighted by molar-refractivity contribution is 7.22. The number of nitrogens with zero attached hydrogens (tertiary/aromatic N) is 4. The number of quaternary nitrogens is 1. The average molecular weight is 261 g/mol. The number of hydrogen-bond acceptors (Lipinski definition) is 6. The second kappa shape index (κ2) is 3.59. The number of aromatic nitrogens is 1. The van der Waals surface area contributed by atoms with Crippen LogP contribution in [0.5, 0.6) is 0 Å². The Morgan fingerprint density at radius 2 is 2.11 bits per heavy atom. The van der Waals surface area contributed by atoms with E-state index in [0.717, 1.165) is 10.2 Å². The summed E-state index contributed by atoms with van der Waals surface area (Å²) >= 11 is 1.31. The van der Waals surface area contributed by atoms with Gasteiger partial charge in [-0.05, 0) is 17.2 Å². The summed E-state index contributed by atoms with van der Waals surface area (Å²) in [6, 6.07) is 6.78. The zero-order valence-corrected chi connectivity index (χ0v) is 9.96. The van der Waals surface area contributed by atoms with Gasteiger partial charge >= 0.3 is 17.1 Å². The van der Waals surface area contributed by atoms with E-state index in [0.29, 0.717) is 5.13 Å². The fourth-order valence-corrected chi connectivity index (χ4v) is 2.78. The number of carbonyl (C=O) groups excluding carboxylic acids is 1. The Hall–Kier alpha value is -2.32. The number of primary amides is 1. The number of hydrogen-bond donors (Lipinski definition) is 2. The lowest BCUT2D eigenvalue weighted by molar-refractivity contribution is 0.231. The Kier molecular flexibility index (Phi) is 2.15. The molecule has 0 saturated carbocycles. The maximum Gasteiger partial charge on any atom is 0.455 e. The first-order chi connectivity index (χ1) is 8.64. The summed E-state index contributed by atoms with van der Waals surface area (Å²) in [6.07, 6.45) is 1.21. The van der Waals surface area contributed by atoms with Gasteiger partial charge < -0.3 is 11.5 Å². The number of urea groups is 1. The summed E-state index contributed by atoms with van der Waals surface area (Å²) in [5.41, 5.74) is 11.9. The van der Waals surface area contributed by atoms with Crippen molar-refractivity contribution in [1.82, 2.24) is 9.58 Å². The highest BCUT2D eigenvalue weighted by Gasteiger charge is 2.49. The van der Waals surface area contributed by atoms with Crippen LogP contribution in [0, 0.1) is 0 Å². The van der Waals surface area contributed by atoms with Crippen molar-refractivity contribution >= 4 is 45.0 Å². The van der Waals surface area contributed by atoms with Crippen LogP contribution in [0.25, 0.3) is 10.2 Å². The van der Waals surface area contributed by atoms with Crippen molar-refractivity contribution in [2.45, 2.75) is 0 Å². The molecule has 4 N–H and O–H groups in total. The van der Waals surface area contributed by atoms with Crippen LogP contribution in [0.15, 0.2) is 34.4 Å². The average Bonchev–Trinajstić information content (AvgIpc) is 2.92. The molecule has 1 aliphatic rings. The fraction of sp³-hybridized carbons (Fsp3) is 0. The van der Waals surface area contributed by atoms with Gasteiger partial charge in [0, 0.05) is 4.59 Å². The van der Waals surface area contributed by atoms with E-state index in [4.69, 9.17) is 11.5 Å². The first kappa shape index (κ1) is 10.8. The number of thiazole rings is 1. The third-order valence-corrected chi connectivity index (χ3v) is 3.73. The highest BCUT2D eigenvalue weighted by Crippen LogP contribution is 2.34. The molecule has 18 heavy (non-hydrogen) atoms. The van der Waals surface area contributed by atoms with Gasteiger partial charge in [-0.1, -0.05) is 23.5 Å². The standard InChI is InChI=1S/C10H8N6OS/c11-8-13-5-14-16(8,9(12)17)10-15-6-3-1-2-4-7(6)18-10/h1-5H,(H3-,11,12,13,14,17)/p+1. The van der Waals surface area contributed by atoms with E-state index >= 15 is 0 Å². The first-order valence-electron chi connectivity index (χ1n) is 5.08. The first-order valence-corrected chi connectivity index (χ1v) is 5.89. The van der Waals surface area contributed by atoms with E-state index in [1.807, 2.05) is 24.3 Å². The van der Waals surface area contributed by atoms with Crippen molar-refractivity contribution in [1.29, 1.82) is 0 Å². The molecule has 2 amide bonds. The van der Waals surface area contributed by atoms with E-state index in [-0.39, 0.29) is 5.96 Å². The van der Waals surface area contributed by atoms with Crippen LogP contribution in [-0.4, -0.2) is 23.3 Å². The van der Waals surface area contributed by atoms with Crippen molar-refractivity contribution < 1.29 is 4.79 Å². The third kappa shape index (κ3) is 1.27. The predicted molar refractivity (Wildman–Crippen MR) is 71.1 cm³/mol. The van der Waals surface area contributed by atoms with E-state index in [1.54, 1.807) is 0 Å². The molecule has 7 nitrogen and oxygen atoms in total. The zero-order valence-electron chi connectivity index (χ0n) is 9.15. The Labute approximate surface area is 106 Å². The second-order valence-electron chi connectivity index (χ2n) is 3.66. The van der Waals surface area contributed by atoms with Gasteiger partial charge in [0.15, 0.2) is 6.34 Å². The normalized spacial score (nSPS) is 22.3. The molecule has 0 spiro atoms.